The summed E-state index contributed by atoms with van der Waals surface area (Å²) in [7, 11) is 2.06. The Morgan fingerprint density at radius 3 is 2.61 bits per heavy atom. The summed E-state index contributed by atoms with van der Waals surface area (Å²) in [4.78, 5) is 0. The smallest absolute Gasteiger partial charge is 0.0733 e. The zero-order valence-electron chi connectivity index (χ0n) is 12.2. The zero-order chi connectivity index (χ0) is 13.0. The Morgan fingerprint density at radius 2 is 1.94 bits per heavy atom. The van der Waals surface area contributed by atoms with Crippen molar-refractivity contribution in [3.8, 4) is 0 Å². The van der Waals surface area contributed by atoms with E-state index >= 15 is 0 Å². The molecule has 1 aliphatic carbocycles. The molecule has 0 aromatic carbocycles. The second-order valence-electron chi connectivity index (χ2n) is 6.73. The molecule has 0 radical (unpaired) electrons. The fraction of sp³-hybridized carbons (Fsp3) is 1.00. The van der Waals surface area contributed by atoms with Crippen LogP contribution in [0.4, 0.5) is 0 Å². The Hall–Kier alpha value is -0.120. The number of hydrogen-bond donors (Lipinski definition) is 1. The van der Waals surface area contributed by atoms with Gasteiger partial charge in [-0.15, -0.1) is 0 Å². The molecule has 2 unspecified atom stereocenters. The first kappa shape index (κ1) is 14.3. The van der Waals surface area contributed by atoms with Gasteiger partial charge in [-0.1, -0.05) is 13.8 Å². The molecule has 1 N–H and O–H groups in total. The van der Waals surface area contributed by atoms with Crippen molar-refractivity contribution < 1.29 is 9.47 Å². The standard InChI is InChI=1S/C15H29NO2/c1-15(2)7-4-13(16-3)14(10-15)18-11-12-5-8-17-9-6-12/h12-14,16H,4-11H2,1-3H3. The van der Waals surface area contributed by atoms with Crippen LogP contribution in [0.5, 0.6) is 0 Å². The number of hydrogen-bond acceptors (Lipinski definition) is 3. The second kappa shape index (κ2) is 6.36. The predicted molar refractivity (Wildman–Crippen MR) is 73.8 cm³/mol. The van der Waals surface area contributed by atoms with Crippen LogP contribution in [-0.4, -0.2) is 39.0 Å². The van der Waals surface area contributed by atoms with Gasteiger partial charge in [0.15, 0.2) is 0 Å². The molecule has 0 aromatic heterocycles. The highest BCUT2D eigenvalue weighted by Crippen LogP contribution is 2.37. The summed E-state index contributed by atoms with van der Waals surface area (Å²) in [6, 6.07) is 0.540. The van der Waals surface area contributed by atoms with Crippen LogP contribution in [0.1, 0.15) is 46.0 Å². The highest BCUT2D eigenvalue weighted by atomic mass is 16.5. The molecule has 0 aromatic rings. The molecular formula is C15H29NO2. The van der Waals surface area contributed by atoms with Crippen molar-refractivity contribution in [2.45, 2.75) is 58.1 Å². The number of likely N-dealkylation sites (N-methyl/N-ethyl adjacent to an activating group) is 1. The highest BCUT2D eigenvalue weighted by molar-refractivity contribution is 4.89. The Kier molecular flexibility index (Phi) is 5.05. The van der Waals surface area contributed by atoms with Crippen molar-refractivity contribution in [1.29, 1.82) is 0 Å². The molecular weight excluding hydrogens is 226 g/mol. The van der Waals surface area contributed by atoms with Crippen molar-refractivity contribution in [1.82, 2.24) is 5.32 Å². The number of rotatable bonds is 4. The molecule has 0 bridgehead atoms. The van der Waals surface area contributed by atoms with E-state index < -0.39 is 0 Å². The second-order valence-corrected chi connectivity index (χ2v) is 6.73. The quantitative estimate of drug-likeness (QED) is 0.837. The third-order valence-electron chi connectivity index (χ3n) is 4.59. The monoisotopic (exact) mass is 255 g/mol. The molecule has 106 valence electrons. The van der Waals surface area contributed by atoms with E-state index in [1.54, 1.807) is 0 Å². The largest absolute Gasteiger partial charge is 0.381 e. The number of nitrogens with one attached hydrogen (secondary N) is 1. The molecule has 18 heavy (non-hydrogen) atoms. The zero-order valence-corrected chi connectivity index (χ0v) is 12.2. The van der Waals surface area contributed by atoms with Crippen molar-refractivity contribution in [2.75, 3.05) is 26.9 Å². The van der Waals surface area contributed by atoms with Crippen LogP contribution in [-0.2, 0) is 9.47 Å². The van der Waals surface area contributed by atoms with Gasteiger partial charge in [-0.05, 0) is 50.5 Å². The van der Waals surface area contributed by atoms with Crippen molar-refractivity contribution in [3.63, 3.8) is 0 Å². The Labute approximate surface area is 112 Å². The van der Waals surface area contributed by atoms with Gasteiger partial charge in [-0.2, -0.15) is 0 Å². The Bertz CT molecular complexity index is 249. The predicted octanol–water partition coefficient (Wildman–Crippen LogP) is 2.60. The molecule has 2 aliphatic rings. The van der Waals surface area contributed by atoms with E-state index in [1.165, 1.54) is 32.1 Å². The topological polar surface area (TPSA) is 30.5 Å². The summed E-state index contributed by atoms with van der Waals surface area (Å²) in [5.41, 5.74) is 0.438. The van der Waals surface area contributed by atoms with E-state index in [1.807, 2.05) is 0 Å². The lowest BCUT2D eigenvalue weighted by Gasteiger charge is -2.41. The fourth-order valence-corrected chi connectivity index (χ4v) is 3.20. The first-order valence-electron chi connectivity index (χ1n) is 7.47. The van der Waals surface area contributed by atoms with Crippen LogP contribution in [0.2, 0.25) is 0 Å². The minimum atomic E-state index is 0.390. The lowest BCUT2D eigenvalue weighted by atomic mass is 9.74. The average molecular weight is 255 g/mol. The van der Waals surface area contributed by atoms with Crippen molar-refractivity contribution >= 4 is 0 Å². The van der Waals surface area contributed by atoms with Gasteiger partial charge in [-0.3, -0.25) is 0 Å². The summed E-state index contributed by atoms with van der Waals surface area (Å²) >= 11 is 0. The lowest BCUT2D eigenvalue weighted by Crippen LogP contribution is -2.46. The molecule has 1 saturated carbocycles. The van der Waals surface area contributed by atoms with E-state index in [4.69, 9.17) is 9.47 Å². The van der Waals surface area contributed by atoms with E-state index in [0.717, 1.165) is 19.8 Å². The van der Waals surface area contributed by atoms with E-state index in [-0.39, 0.29) is 0 Å². The van der Waals surface area contributed by atoms with Gasteiger partial charge in [-0.25, -0.2) is 0 Å². The van der Waals surface area contributed by atoms with Crippen molar-refractivity contribution in [3.05, 3.63) is 0 Å². The molecule has 1 heterocycles. The average Bonchev–Trinajstić information content (AvgIpc) is 2.37. The summed E-state index contributed by atoms with van der Waals surface area (Å²) in [5, 5.41) is 3.43. The van der Waals surface area contributed by atoms with Gasteiger partial charge in [0.2, 0.25) is 0 Å². The summed E-state index contributed by atoms with van der Waals surface area (Å²) in [6.45, 7) is 7.48. The maximum Gasteiger partial charge on any atom is 0.0733 e. The van der Waals surface area contributed by atoms with E-state index in [0.29, 0.717) is 23.5 Å². The lowest BCUT2D eigenvalue weighted by molar-refractivity contribution is -0.0557. The van der Waals surface area contributed by atoms with Gasteiger partial charge < -0.3 is 14.8 Å². The first-order chi connectivity index (χ1) is 8.61. The van der Waals surface area contributed by atoms with Crippen LogP contribution in [0, 0.1) is 11.3 Å². The molecule has 2 fully saturated rings. The summed E-state index contributed by atoms with van der Waals surface area (Å²) < 4.78 is 11.6. The molecule has 0 spiro atoms. The van der Waals surface area contributed by atoms with Crippen LogP contribution in [0.25, 0.3) is 0 Å². The van der Waals surface area contributed by atoms with E-state index in [9.17, 15) is 0 Å². The van der Waals surface area contributed by atoms with Gasteiger partial charge in [0, 0.05) is 19.3 Å². The van der Waals surface area contributed by atoms with Crippen molar-refractivity contribution in [2.24, 2.45) is 11.3 Å². The van der Waals surface area contributed by atoms with Crippen LogP contribution < -0.4 is 5.32 Å². The van der Waals surface area contributed by atoms with Crippen LogP contribution in [0.3, 0.4) is 0 Å². The highest BCUT2D eigenvalue weighted by Gasteiger charge is 2.35. The molecule has 2 rings (SSSR count). The van der Waals surface area contributed by atoms with Gasteiger partial charge in [0.25, 0.3) is 0 Å². The van der Waals surface area contributed by atoms with Crippen LogP contribution >= 0.6 is 0 Å². The molecule has 2 atom stereocenters. The Morgan fingerprint density at radius 1 is 1.22 bits per heavy atom. The molecule has 3 heteroatoms. The first-order valence-corrected chi connectivity index (χ1v) is 7.47. The summed E-state index contributed by atoms with van der Waals surface area (Å²) in [5.74, 6) is 0.710. The maximum absolute atomic E-state index is 6.24. The van der Waals surface area contributed by atoms with Gasteiger partial charge >= 0.3 is 0 Å². The SMILES string of the molecule is CNC1CCC(C)(C)CC1OCC1CCOCC1. The third-order valence-corrected chi connectivity index (χ3v) is 4.59. The molecule has 0 amide bonds. The molecule has 3 nitrogen and oxygen atoms in total. The number of ether oxygens (including phenoxy) is 2. The van der Waals surface area contributed by atoms with Gasteiger partial charge in [0.1, 0.15) is 0 Å². The minimum absolute atomic E-state index is 0.390. The van der Waals surface area contributed by atoms with Gasteiger partial charge in [0.05, 0.1) is 12.7 Å². The maximum atomic E-state index is 6.24. The third kappa shape index (κ3) is 3.94. The minimum Gasteiger partial charge on any atom is -0.381 e. The fourth-order valence-electron chi connectivity index (χ4n) is 3.20. The van der Waals surface area contributed by atoms with Crippen LogP contribution in [0.15, 0.2) is 0 Å². The molecule has 1 aliphatic heterocycles. The normalized spacial score (nSPS) is 33.5. The summed E-state index contributed by atoms with van der Waals surface area (Å²) in [6.07, 6.45) is 6.45. The molecule has 1 saturated heterocycles. The van der Waals surface area contributed by atoms with E-state index in [2.05, 4.69) is 26.2 Å². The Balaban J connectivity index is 1.80.